The molecule has 2 N–H and O–H groups in total. The molecule has 1 heterocycles. The van der Waals surface area contributed by atoms with Crippen LogP contribution in [0.15, 0.2) is 29.2 Å². The Kier molecular flexibility index (Phi) is 4.83. The Hall–Kier alpha value is -0.580. The lowest BCUT2D eigenvalue weighted by Gasteiger charge is -2.15. The summed E-state index contributed by atoms with van der Waals surface area (Å²) in [4.78, 5) is 3.61. The lowest BCUT2D eigenvalue weighted by Crippen LogP contribution is -2.25. The average molecular weight is 254 g/mol. The predicted octanol–water partition coefficient (Wildman–Crippen LogP) is 2.20. The van der Waals surface area contributed by atoms with Crippen molar-refractivity contribution in [1.82, 2.24) is 4.90 Å². The highest BCUT2D eigenvalue weighted by Crippen LogP contribution is 2.20. The molecule has 0 aromatic heterocycles. The molecule has 1 aromatic rings. The van der Waals surface area contributed by atoms with Crippen LogP contribution >= 0.6 is 11.8 Å². The first kappa shape index (κ1) is 12.9. The van der Waals surface area contributed by atoms with Gasteiger partial charge in [0.25, 0.3) is 0 Å². The van der Waals surface area contributed by atoms with Gasteiger partial charge in [-0.3, -0.25) is 0 Å². The summed E-state index contributed by atoms with van der Waals surface area (Å²) in [6.07, 6.45) is 1.23. The molecule has 1 atom stereocenters. The third-order valence-electron chi connectivity index (χ3n) is 3.19. The predicted molar refractivity (Wildman–Crippen MR) is 70.7 cm³/mol. The molecule has 1 fully saturated rings. The van der Waals surface area contributed by atoms with Crippen molar-refractivity contribution in [3.63, 3.8) is 0 Å². The number of hydrogen-bond donors (Lipinski definition) is 1. The second-order valence-corrected chi connectivity index (χ2v) is 5.66. The summed E-state index contributed by atoms with van der Waals surface area (Å²) >= 11 is 1.79. The van der Waals surface area contributed by atoms with E-state index >= 15 is 0 Å². The van der Waals surface area contributed by atoms with E-state index in [1.807, 2.05) is 12.1 Å². The van der Waals surface area contributed by atoms with Crippen LogP contribution in [-0.2, 0) is 0 Å². The highest BCUT2D eigenvalue weighted by Gasteiger charge is 2.20. The monoisotopic (exact) mass is 254 g/mol. The van der Waals surface area contributed by atoms with Crippen molar-refractivity contribution in [2.45, 2.75) is 11.3 Å². The number of benzene rings is 1. The highest BCUT2D eigenvalue weighted by atomic mass is 32.2. The summed E-state index contributed by atoms with van der Waals surface area (Å²) in [5.74, 6) is 1.58. The minimum absolute atomic E-state index is 0.167. The molecule has 1 aliphatic heterocycles. The maximum Gasteiger partial charge on any atom is 0.123 e. The van der Waals surface area contributed by atoms with Crippen LogP contribution in [0.5, 0.6) is 0 Å². The first-order valence-corrected chi connectivity index (χ1v) is 7.07. The second kappa shape index (κ2) is 6.38. The molecule has 2 nitrogen and oxygen atoms in total. The van der Waals surface area contributed by atoms with Crippen LogP contribution in [0.1, 0.15) is 6.42 Å². The lowest BCUT2D eigenvalue weighted by molar-refractivity contribution is 0.346. The summed E-state index contributed by atoms with van der Waals surface area (Å²) in [5, 5.41) is 0. The van der Waals surface area contributed by atoms with Crippen molar-refractivity contribution in [3.8, 4) is 0 Å². The van der Waals surface area contributed by atoms with Crippen molar-refractivity contribution >= 4 is 11.8 Å². The number of halogens is 1. The SMILES string of the molecule is NCC1CCN(CCSc2ccc(F)cc2)C1. The molecule has 0 amide bonds. The van der Waals surface area contributed by atoms with E-state index in [0.29, 0.717) is 5.92 Å². The Morgan fingerprint density at radius 3 is 2.76 bits per heavy atom. The van der Waals surface area contributed by atoms with Crippen molar-refractivity contribution in [1.29, 1.82) is 0 Å². The third-order valence-corrected chi connectivity index (χ3v) is 4.19. The molecule has 0 bridgehead atoms. The van der Waals surface area contributed by atoms with Crippen LogP contribution in [-0.4, -0.2) is 36.8 Å². The molecule has 0 aliphatic carbocycles. The number of thioether (sulfide) groups is 1. The molecule has 1 aliphatic rings. The minimum Gasteiger partial charge on any atom is -0.330 e. The molecular formula is C13H19FN2S. The van der Waals surface area contributed by atoms with Gasteiger partial charge in [0, 0.05) is 23.7 Å². The maximum absolute atomic E-state index is 12.7. The zero-order valence-corrected chi connectivity index (χ0v) is 10.8. The number of nitrogens with zero attached hydrogens (tertiary/aromatic N) is 1. The van der Waals surface area contributed by atoms with Crippen molar-refractivity contribution in [2.75, 3.05) is 31.9 Å². The van der Waals surface area contributed by atoms with E-state index in [1.165, 1.54) is 25.1 Å². The van der Waals surface area contributed by atoms with Gasteiger partial charge in [-0.05, 0) is 49.7 Å². The van der Waals surface area contributed by atoms with E-state index in [-0.39, 0.29) is 5.82 Å². The van der Waals surface area contributed by atoms with Gasteiger partial charge >= 0.3 is 0 Å². The molecule has 94 valence electrons. The Labute approximate surface area is 106 Å². The average Bonchev–Trinajstić information content (AvgIpc) is 2.80. The van der Waals surface area contributed by atoms with Gasteiger partial charge in [0.15, 0.2) is 0 Å². The van der Waals surface area contributed by atoms with Crippen molar-refractivity contribution in [2.24, 2.45) is 11.7 Å². The van der Waals surface area contributed by atoms with Gasteiger partial charge < -0.3 is 10.6 Å². The summed E-state index contributed by atoms with van der Waals surface area (Å²) in [6, 6.07) is 6.71. The summed E-state index contributed by atoms with van der Waals surface area (Å²) < 4.78 is 12.7. The first-order valence-electron chi connectivity index (χ1n) is 6.08. The molecule has 0 spiro atoms. The van der Waals surface area contributed by atoms with Gasteiger partial charge in [-0.15, -0.1) is 11.8 Å². The molecule has 0 radical (unpaired) electrons. The van der Waals surface area contributed by atoms with Crippen molar-refractivity contribution < 1.29 is 4.39 Å². The highest BCUT2D eigenvalue weighted by molar-refractivity contribution is 7.99. The summed E-state index contributed by atoms with van der Waals surface area (Å²) in [5.41, 5.74) is 5.66. The molecule has 2 rings (SSSR count). The fraction of sp³-hybridized carbons (Fsp3) is 0.538. The second-order valence-electron chi connectivity index (χ2n) is 4.49. The fourth-order valence-electron chi connectivity index (χ4n) is 2.13. The quantitative estimate of drug-likeness (QED) is 0.817. The Morgan fingerprint density at radius 2 is 2.12 bits per heavy atom. The number of likely N-dealkylation sites (tertiary alicyclic amines) is 1. The Bertz CT molecular complexity index is 342. The standard InChI is InChI=1S/C13H19FN2S/c14-12-1-3-13(4-2-12)17-8-7-16-6-5-11(9-15)10-16/h1-4,11H,5-10,15H2. The Morgan fingerprint density at radius 1 is 1.35 bits per heavy atom. The topological polar surface area (TPSA) is 29.3 Å². The van der Waals surface area contributed by atoms with Crippen LogP contribution in [0, 0.1) is 11.7 Å². The van der Waals surface area contributed by atoms with E-state index in [2.05, 4.69) is 4.90 Å². The van der Waals surface area contributed by atoms with Crippen LogP contribution in [0.25, 0.3) is 0 Å². The molecule has 1 aromatic carbocycles. The van der Waals surface area contributed by atoms with Crippen LogP contribution in [0.4, 0.5) is 4.39 Å². The van der Waals surface area contributed by atoms with Gasteiger partial charge in [-0.1, -0.05) is 0 Å². The van der Waals surface area contributed by atoms with Gasteiger partial charge in [0.2, 0.25) is 0 Å². The van der Waals surface area contributed by atoms with E-state index in [0.717, 1.165) is 30.3 Å². The van der Waals surface area contributed by atoms with Gasteiger partial charge in [-0.25, -0.2) is 4.39 Å². The van der Waals surface area contributed by atoms with Crippen molar-refractivity contribution in [3.05, 3.63) is 30.1 Å². The van der Waals surface area contributed by atoms with Gasteiger partial charge in [0.05, 0.1) is 0 Å². The molecule has 1 unspecified atom stereocenters. The molecule has 4 heteroatoms. The number of hydrogen-bond acceptors (Lipinski definition) is 3. The van der Waals surface area contributed by atoms with Gasteiger partial charge in [-0.2, -0.15) is 0 Å². The number of rotatable bonds is 5. The first-order chi connectivity index (χ1) is 8.28. The van der Waals surface area contributed by atoms with Crippen LogP contribution in [0.2, 0.25) is 0 Å². The summed E-state index contributed by atoms with van der Waals surface area (Å²) in [6.45, 7) is 4.21. The molecule has 1 saturated heterocycles. The zero-order chi connectivity index (χ0) is 12.1. The maximum atomic E-state index is 12.7. The minimum atomic E-state index is -0.167. The molecule has 17 heavy (non-hydrogen) atoms. The lowest BCUT2D eigenvalue weighted by atomic mass is 10.1. The number of nitrogens with two attached hydrogens (primary N) is 1. The Balaban J connectivity index is 1.68. The van der Waals surface area contributed by atoms with E-state index in [9.17, 15) is 4.39 Å². The largest absolute Gasteiger partial charge is 0.330 e. The smallest absolute Gasteiger partial charge is 0.123 e. The van der Waals surface area contributed by atoms with Crippen LogP contribution in [0.3, 0.4) is 0 Å². The fourth-order valence-corrected chi connectivity index (χ4v) is 3.05. The van der Waals surface area contributed by atoms with E-state index < -0.39 is 0 Å². The third kappa shape index (κ3) is 3.98. The van der Waals surface area contributed by atoms with E-state index in [4.69, 9.17) is 5.73 Å². The zero-order valence-electron chi connectivity index (χ0n) is 9.94. The van der Waals surface area contributed by atoms with Crippen LogP contribution < -0.4 is 5.73 Å². The normalized spacial score (nSPS) is 20.9. The molecule has 0 saturated carbocycles. The van der Waals surface area contributed by atoms with Gasteiger partial charge in [0.1, 0.15) is 5.82 Å². The summed E-state index contributed by atoms with van der Waals surface area (Å²) in [7, 11) is 0. The molecular weight excluding hydrogens is 235 g/mol. The van der Waals surface area contributed by atoms with E-state index in [1.54, 1.807) is 11.8 Å².